The SMILES string of the molecule is CSC(=S)SC1CCS(=O)(=O)C1. The Morgan fingerprint density at radius 2 is 2.25 bits per heavy atom. The summed E-state index contributed by atoms with van der Waals surface area (Å²) in [6.45, 7) is 0. The number of hydrogen-bond donors (Lipinski definition) is 0. The Morgan fingerprint density at radius 3 is 2.67 bits per heavy atom. The van der Waals surface area contributed by atoms with Crippen LogP contribution in [0.2, 0.25) is 0 Å². The zero-order valence-electron chi connectivity index (χ0n) is 6.65. The van der Waals surface area contributed by atoms with Gasteiger partial charge in [0.05, 0.1) is 11.5 Å². The molecule has 1 heterocycles. The van der Waals surface area contributed by atoms with Crippen LogP contribution in [0, 0.1) is 0 Å². The van der Waals surface area contributed by atoms with Crippen molar-refractivity contribution in [3.8, 4) is 0 Å². The summed E-state index contributed by atoms with van der Waals surface area (Å²) >= 11 is 8.03. The summed E-state index contributed by atoms with van der Waals surface area (Å²) in [6, 6.07) is 0. The van der Waals surface area contributed by atoms with Gasteiger partial charge in [-0.1, -0.05) is 12.2 Å². The van der Waals surface area contributed by atoms with Crippen molar-refractivity contribution in [1.82, 2.24) is 0 Å². The van der Waals surface area contributed by atoms with E-state index in [0.717, 1.165) is 9.95 Å². The second-order valence-electron chi connectivity index (χ2n) is 2.60. The summed E-state index contributed by atoms with van der Waals surface area (Å²) < 4.78 is 22.9. The molecule has 0 aromatic carbocycles. The minimum absolute atomic E-state index is 0.204. The van der Waals surface area contributed by atoms with Gasteiger partial charge in [0.2, 0.25) is 0 Å². The lowest BCUT2D eigenvalue weighted by molar-refractivity contribution is 0.602. The monoisotopic (exact) mass is 242 g/mol. The first-order valence-electron chi connectivity index (χ1n) is 3.48. The Kier molecular flexibility index (Phi) is 3.88. The minimum atomic E-state index is -2.74. The maximum atomic E-state index is 11.0. The van der Waals surface area contributed by atoms with E-state index in [1.54, 1.807) is 0 Å². The van der Waals surface area contributed by atoms with Crippen LogP contribution in [0.3, 0.4) is 0 Å². The highest BCUT2D eigenvalue weighted by Crippen LogP contribution is 2.28. The predicted molar refractivity (Wildman–Crippen MR) is 60.8 cm³/mol. The minimum Gasteiger partial charge on any atom is -0.229 e. The van der Waals surface area contributed by atoms with Crippen molar-refractivity contribution in [2.45, 2.75) is 11.7 Å². The van der Waals surface area contributed by atoms with Crippen molar-refractivity contribution in [2.75, 3.05) is 17.8 Å². The Balaban J connectivity index is 2.43. The molecule has 1 saturated heterocycles. The molecule has 0 N–H and O–H groups in total. The second-order valence-corrected chi connectivity index (χ2v) is 8.14. The van der Waals surface area contributed by atoms with Crippen molar-refractivity contribution in [1.29, 1.82) is 0 Å². The van der Waals surface area contributed by atoms with E-state index in [1.807, 2.05) is 6.26 Å². The van der Waals surface area contributed by atoms with Gasteiger partial charge in [0.15, 0.2) is 9.84 Å². The molecular formula is C6H10O2S4. The third kappa shape index (κ3) is 3.24. The summed E-state index contributed by atoms with van der Waals surface area (Å²) in [7, 11) is -2.74. The molecule has 0 spiro atoms. The van der Waals surface area contributed by atoms with Crippen LogP contribution in [-0.4, -0.2) is 35.0 Å². The van der Waals surface area contributed by atoms with Crippen LogP contribution in [0.4, 0.5) is 0 Å². The van der Waals surface area contributed by atoms with Gasteiger partial charge in [-0.2, -0.15) is 0 Å². The molecule has 1 unspecified atom stereocenters. The molecule has 0 saturated carbocycles. The molecule has 0 amide bonds. The topological polar surface area (TPSA) is 34.1 Å². The van der Waals surface area contributed by atoms with E-state index in [2.05, 4.69) is 0 Å². The van der Waals surface area contributed by atoms with Crippen LogP contribution >= 0.6 is 35.7 Å². The van der Waals surface area contributed by atoms with E-state index in [0.29, 0.717) is 11.5 Å². The molecule has 1 fully saturated rings. The Bertz CT molecular complexity index is 269. The summed E-state index contributed by atoms with van der Waals surface area (Å²) in [5.41, 5.74) is 0. The molecule has 1 rings (SSSR count). The van der Waals surface area contributed by atoms with Crippen molar-refractivity contribution in [3.63, 3.8) is 0 Å². The normalized spacial score (nSPS) is 27.2. The molecule has 0 aromatic rings. The number of thioether (sulfide) groups is 2. The lowest BCUT2D eigenvalue weighted by Gasteiger charge is -2.04. The highest BCUT2D eigenvalue weighted by atomic mass is 32.2. The Hall–Kier alpha value is 0.740. The van der Waals surface area contributed by atoms with E-state index in [1.165, 1.54) is 23.5 Å². The number of sulfone groups is 1. The number of rotatable bonds is 1. The lowest BCUT2D eigenvalue weighted by Crippen LogP contribution is -2.07. The fourth-order valence-corrected chi connectivity index (χ4v) is 5.33. The number of thiocarbonyl (C=S) groups is 1. The first-order chi connectivity index (χ1) is 5.53. The molecule has 1 aliphatic rings. The van der Waals surface area contributed by atoms with Gasteiger partial charge in [-0.25, -0.2) is 8.42 Å². The lowest BCUT2D eigenvalue weighted by atomic mass is 10.4. The van der Waals surface area contributed by atoms with E-state index >= 15 is 0 Å². The molecular weight excluding hydrogens is 232 g/mol. The third-order valence-electron chi connectivity index (χ3n) is 1.62. The third-order valence-corrected chi connectivity index (χ3v) is 6.44. The Morgan fingerprint density at radius 1 is 1.58 bits per heavy atom. The fraction of sp³-hybridized carbons (Fsp3) is 0.833. The van der Waals surface area contributed by atoms with Crippen molar-refractivity contribution in [3.05, 3.63) is 0 Å². The summed E-state index contributed by atoms with van der Waals surface area (Å²) in [6.07, 6.45) is 2.67. The van der Waals surface area contributed by atoms with Crippen LogP contribution in [0.15, 0.2) is 0 Å². The standard InChI is InChI=1S/C6H10O2S4/c1-10-6(9)11-5-2-3-12(7,8)4-5/h5H,2-4H2,1H3. The van der Waals surface area contributed by atoms with Gasteiger partial charge >= 0.3 is 0 Å². The van der Waals surface area contributed by atoms with Gasteiger partial charge in [-0.3, -0.25) is 0 Å². The average Bonchev–Trinajstić information content (AvgIpc) is 2.30. The van der Waals surface area contributed by atoms with E-state index in [4.69, 9.17) is 12.2 Å². The second kappa shape index (κ2) is 4.30. The van der Waals surface area contributed by atoms with Gasteiger partial charge in [-0.05, 0) is 12.7 Å². The molecule has 1 aliphatic heterocycles. The molecule has 12 heavy (non-hydrogen) atoms. The van der Waals surface area contributed by atoms with E-state index in [-0.39, 0.29) is 5.25 Å². The fourth-order valence-electron chi connectivity index (χ4n) is 1.04. The van der Waals surface area contributed by atoms with Crippen LogP contribution in [0.25, 0.3) is 0 Å². The smallest absolute Gasteiger partial charge is 0.151 e. The quantitative estimate of drug-likeness (QED) is 0.652. The largest absolute Gasteiger partial charge is 0.229 e. The van der Waals surface area contributed by atoms with E-state index in [9.17, 15) is 8.42 Å². The number of hydrogen-bond acceptors (Lipinski definition) is 5. The van der Waals surface area contributed by atoms with Gasteiger partial charge in [0.1, 0.15) is 3.53 Å². The predicted octanol–water partition coefficient (Wildman–Crippen LogP) is 1.55. The van der Waals surface area contributed by atoms with Crippen LogP contribution in [0.5, 0.6) is 0 Å². The summed E-state index contributed by atoms with van der Waals surface area (Å²) in [5, 5.41) is 0.204. The van der Waals surface area contributed by atoms with Gasteiger partial charge in [0, 0.05) is 5.25 Å². The maximum absolute atomic E-state index is 11.0. The zero-order chi connectivity index (χ0) is 9.19. The summed E-state index contributed by atoms with van der Waals surface area (Å²) in [4.78, 5) is 0. The van der Waals surface area contributed by atoms with Crippen molar-refractivity contribution in [2.24, 2.45) is 0 Å². The van der Waals surface area contributed by atoms with Gasteiger partial charge in [-0.15, -0.1) is 23.5 Å². The maximum Gasteiger partial charge on any atom is 0.151 e. The van der Waals surface area contributed by atoms with Crippen molar-refractivity contribution < 1.29 is 8.42 Å². The highest BCUT2D eigenvalue weighted by molar-refractivity contribution is 8.47. The molecule has 0 aliphatic carbocycles. The van der Waals surface area contributed by atoms with Crippen LogP contribution in [-0.2, 0) is 9.84 Å². The summed E-state index contributed by atoms with van der Waals surface area (Å²) in [5.74, 6) is 0.639. The van der Waals surface area contributed by atoms with Crippen LogP contribution in [0.1, 0.15) is 6.42 Å². The van der Waals surface area contributed by atoms with Gasteiger partial charge in [0.25, 0.3) is 0 Å². The molecule has 0 aromatic heterocycles. The van der Waals surface area contributed by atoms with Gasteiger partial charge < -0.3 is 0 Å². The first kappa shape index (κ1) is 10.8. The van der Waals surface area contributed by atoms with Crippen LogP contribution < -0.4 is 0 Å². The zero-order valence-corrected chi connectivity index (χ0v) is 9.91. The average molecular weight is 242 g/mol. The molecule has 1 atom stereocenters. The Labute approximate surface area is 86.8 Å². The molecule has 0 radical (unpaired) electrons. The van der Waals surface area contributed by atoms with Crippen molar-refractivity contribution >= 4 is 49.1 Å². The van der Waals surface area contributed by atoms with E-state index < -0.39 is 9.84 Å². The molecule has 70 valence electrons. The highest BCUT2D eigenvalue weighted by Gasteiger charge is 2.28. The first-order valence-corrected chi connectivity index (χ1v) is 7.82. The molecule has 0 bridgehead atoms. The molecule has 6 heteroatoms. The molecule has 2 nitrogen and oxygen atoms in total.